The van der Waals surface area contributed by atoms with Crippen LogP contribution in [0.4, 0.5) is 0 Å². The normalized spacial score (nSPS) is 10.5. The van der Waals surface area contributed by atoms with Gasteiger partial charge in [0.1, 0.15) is 30.8 Å². The molecule has 162 valence electrons. The number of ether oxygens (including phenoxy) is 4. The third kappa shape index (κ3) is 8.53. The maximum absolute atomic E-state index is 11.2. The fourth-order valence-corrected chi connectivity index (χ4v) is 2.63. The molecule has 0 aromatic heterocycles. The van der Waals surface area contributed by atoms with E-state index in [1.165, 1.54) is 14.2 Å². The number of aliphatic hydroxyl groups excluding tert-OH is 1. The summed E-state index contributed by atoms with van der Waals surface area (Å²) in [6.07, 6.45) is 1.08. The van der Waals surface area contributed by atoms with Crippen LogP contribution < -0.4 is 9.47 Å². The third-order valence-electron chi connectivity index (χ3n) is 4.42. The summed E-state index contributed by atoms with van der Waals surface area (Å²) in [4.78, 5) is 22.3. The Morgan fingerprint density at radius 3 is 1.43 bits per heavy atom. The van der Waals surface area contributed by atoms with Crippen LogP contribution in [0.2, 0.25) is 0 Å². The number of aliphatic hydroxyl groups is 1. The van der Waals surface area contributed by atoms with Crippen molar-refractivity contribution < 1.29 is 33.6 Å². The molecule has 0 amide bonds. The van der Waals surface area contributed by atoms with Crippen LogP contribution in [0.1, 0.15) is 24.0 Å². The quantitative estimate of drug-likeness (QED) is 0.532. The van der Waals surface area contributed by atoms with Crippen molar-refractivity contribution in [2.75, 3.05) is 27.4 Å². The van der Waals surface area contributed by atoms with E-state index in [9.17, 15) is 14.7 Å². The summed E-state index contributed by atoms with van der Waals surface area (Å²) in [6, 6.07) is 14.7. The molecule has 0 saturated carbocycles. The molecule has 7 heteroatoms. The summed E-state index contributed by atoms with van der Waals surface area (Å²) in [5.41, 5.74) is 2.01. The first-order chi connectivity index (χ1) is 14.5. The Morgan fingerprint density at radius 1 is 0.733 bits per heavy atom. The lowest BCUT2D eigenvalue weighted by Crippen LogP contribution is -2.25. The Kier molecular flexibility index (Phi) is 9.67. The second-order valence-electron chi connectivity index (χ2n) is 6.72. The van der Waals surface area contributed by atoms with E-state index in [0.717, 1.165) is 11.1 Å². The third-order valence-corrected chi connectivity index (χ3v) is 4.42. The predicted octanol–water partition coefficient (Wildman–Crippen LogP) is 2.72. The lowest BCUT2D eigenvalue weighted by Gasteiger charge is -2.14. The molecular weight excluding hydrogens is 388 g/mol. The molecule has 0 aliphatic heterocycles. The molecule has 0 radical (unpaired) electrons. The predicted molar refractivity (Wildman–Crippen MR) is 111 cm³/mol. The van der Waals surface area contributed by atoms with Crippen molar-refractivity contribution in [3.05, 3.63) is 59.7 Å². The van der Waals surface area contributed by atoms with Crippen molar-refractivity contribution in [2.45, 2.75) is 31.8 Å². The Bertz CT molecular complexity index is 717. The first kappa shape index (κ1) is 23.2. The molecule has 0 spiro atoms. The number of hydrogen-bond acceptors (Lipinski definition) is 7. The second-order valence-corrected chi connectivity index (χ2v) is 6.72. The van der Waals surface area contributed by atoms with Gasteiger partial charge in [0.05, 0.1) is 14.2 Å². The lowest BCUT2D eigenvalue weighted by atomic mass is 10.1. The molecule has 0 heterocycles. The highest BCUT2D eigenvalue weighted by Gasteiger charge is 2.08. The number of carbonyl (C=O) groups excluding carboxylic acids is 2. The molecule has 0 atom stereocenters. The van der Waals surface area contributed by atoms with Gasteiger partial charge in [0.15, 0.2) is 0 Å². The molecule has 0 bridgehead atoms. The van der Waals surface area contributed by atoms with Crippen molar-refractivity contribution >= 4 is 11.9 Å². The highest BCUT2D eigenvalue weighted by atomic mass is 16.5. The molecule has 1 N–H and O–H groups in total. The van der Waals surface area contributed by atoms with E-state index in [2.05, 4.69) is 9.47 Å². The number of hydrogen-bond donors (Lipinski definition) is 1. The molecule has 0 aliphatic rings. The van der Waals surface area contributed by atoms with Gasteiger partial charge in [-0.2, -0.15) is 0 Å². The summed E-state index contributed by atoms with van der Waals surface area (Å²) < 4.78 is 20.4. The van der Waals surface area contributed by atoms with Crippen molar-refractivity contribution in [2.24, 2.45) is 0 Å². The minimum absolute atomic E-state index is 0.0960. The molecule has 0 unspecified atom stereocenters. The molecule has 2 aromatic carbocycles. The summed E-state index contributed by atoms with van der Waals surface area (Å²) >= 11 is 0. The van der Waals surface area contributed by atoms with Crippen LogP contribution in [0.15, 0.2) is 48.5 Å². The topological polar surface area (TPSA) is 91.3 Å². The highest BCUT2D eigenvalue weighted by Crippen LogP contribution is 2.16. The summed E-state index contributed by atoms with van der Waals surface area (Å²) in [5.74, 6) is 0.778. The Morgan fingerprint density at radius 2 is 1.10 bits per heavy atom. The number of methoxy groups -OCH3 is 2. The van der Waals surface area contributed by atoms with E-state index in [1.807, 2.05) is 24.3 Å². The zero-order valence-electron chi connectivity index (χ0n) is 17.3. The fraction of sp³-hybridized carbons (Fsp3) is 0.391. The van der Waals surface area contributed by atoms with E-state index in [0.29, 0.717) is 37.2 Å². The fourth-order valence-electron chi connectivity index (χ4n) is 2.63. The first-order valence-electron chi connectivity index (χ1n) is 9.75. The van der Waals surface area contributed by atoms with Crippen LogP contribution in [0.5, 0.6) is 11.5 Å². The largest absolute Gasteiger partial charge is 0.491 e. The maximum Gasteiger partial charge on any atom is 0.305 e. The van der Waals surface area contributed by atoms with Crippen LogP contribution in [-0.4, -0.2) is 50.6 Å². The van der Waals surface area contributed by atoms with Crippen molar-refractivity contribution in [1.82, 2.24) is 0 Å². The van der Waals surface area contributed by atoms with Gasteiger partial charge >= 0.3 is 11.9 Å². The Balaban J connectivity index is 1.68. The molecule has 0 saturated heterocycles. The molecular formula is C23H28O7. The molecule has 7 nitrogen and oxygen atoms in total. The zero-order chi connectivity index (χ0) is 21.8. The van der Waals surface area contributed by atoms with E-state index in [-0.39, 0.29) is 25.2 Å². The number of carbonyl (C=O) groups is 2. The monoisotopic (exact) mass is 416 g/mol. The molecule has 2 aromatic rings. The minimum Gasteiger partial charge on any atom is -0.491 e. The maximum atomic E-state index is 11.2. The average Bonchev–Trinajstić information content (AvgIpc) is 2.79. The number of aryl methyl sites for hydroxylation is 2. The van der Waals surface area contributed by atoms with Crippen molar-refractivity contribution in [3.8, 4) is 11.5 Å². The number of esters is 2. The van der Waals surface area contributed by atoms with Gasteiger partial charge in [-0.1, -0.05) is 24.3 Å². The SMILES string of the molecule is COC(=O)CCc1ccc(OCC(O)COc2ccc(CCC(=O)OC)cc2)cc1. The van der Waals surface area contributed by atoms with Gasteiger partial charge in [0.25, 0.3) is 0 Å². The summed E-state index contributed by atoms with van der Waals surface area (Å²) in [5, 5.41) is 10.1. The van der Waals surface area contributed by atoms with Gasteiger partial charge in [-0.05, 0) is 48.2 Å². The zero-order valence-corrected chi connectivity index (χ0v) is 17.3. The van der Waals surface area contributed by atoms with Gasteiger partial charge in [-0.25, -0.2) is 0 Å². The summed E-state index contributed by atoms with van der Waals surface area (Å²) in [6.45, 7) is 0.192. The van der Waals surface area contributed by atoms with Crippen LogP contribution in [-0.2, 0) is 31.9 Å². The summed E-state index contributed by atoms with van der Waals surface area (Å²) in [7, 11) is 2.74. The Labute approximate surface area is 176 Å². The van der Waals surface area contributed by atoms with Gasteiger partial charge in [-0.3, -0.25) is 9.59 Å². The van der Waals surface area contributed by atoms with Crippen molar-refractivity contribution in [3.63, 3.8) is 0 Å². The van der Waals surface area contributed by atoms with Gasteiger partial charge in [0.2, 0.25) is 0 Å². The highest BCUT2D eigenvalue weighted by molar-refractivity contribution is 5.69. The van der Waals surface area contributed by atoms with Gasteiger partial charge in [0, 0.05) is 12.8 Å². The minimum atomic E-state index is -0.789. The standard InChI is InChI=1S/C23H28O7/c1-27-22(25)13-7-17-3-9-20(10-4-17)29-15-19(24)16-30-21-11-5-18(6-12-21)8-14-23(26)28-2/h3-6,9-12,19,24H,7-8,13-16H2,1-2H3. The molecule has 30 heavy (non-hydrogen) atoms. The van der Waals surface area contributed by atoms with Crippen molar-refractivity contribution in [1.29, 1.82) is 0 Å². The molecule has 0 fully saturated rings. The Hall–Kier alpha value is -3.06. The number of benzene rings is 2. The van der Waals surface area contributed by atoms with E-state index in [4.69, 9.17) is 9.47 Å². The molecule has 2 rings (SSSR count). The van der Waals surface area contributed by atoms with Gasteiger partial charge in [-0.15, -0.1) is 0 Å². The van der Waals surface area contributed by atoms with Gasteiger partial charge < -0.3 is 24.1 Å². The molecule has 0 aliphatic carbocycles. The second kappa shape index (κ2) is 12.5. The number of rotatable bonds is 12. The smallest absolute Gasteiger partial charge is 0.305 e. The van der Waals surface area contributed by atoms with Crippen LogP contribution in [0.25, 0.3) is 0 Å². The van der Waals surface area contributed by atoms with E-state index in [1.54, 1.807) is 24.3 Å². The van der Waals surface area contributed by atoms with Crippen LogP contribution in [0.3, 0.4) is 0 Å². The lowest BCUT2D eigenvalue weighted by molar-refractivity contribution is -0.141. The van der Waals surface area contributed by atoms with Crippen LogP contribution in [0, 0.1) is 0 Å². The average molecular weight is 416 g/mol. The van der Waals surface area contributed by atoms with Crippen LogP contribution >= 0.6 is 0 Å². The first-order valence-corrected chi connectivity index (χ1v) is 9.75. The van der Waals surface area contributed by atoms with E-state index < -0.39 is 6.10 Å². The van der Waals surface area contributed by atoms with E-state index >= 15 is 0 Å².